The molecule has 0 aliphatic carbocycles. The highest BCUT2D eigenvalue weighted by Crippen LogP contribution is 2.41. The van der Waals surface area contributed by atoms with Crippen molar-refractivity contribution in [3.05, 3.63) is 86.1 Å². The number of benzene rings is 2. The van der Waals surface area contributed by atoms with E-state index < -0.39 is 51.3 Å². The maximum absolute atomic E-state index is 13.9. The quantitative estimate of drug-likeness (QED) is 0.250. The predicted octanol–water partition coefficient (Wildman–Crippen LogP) is 4.70. The number of carboxylic acid groups (broad SMARTS) is 1. The molecule has 2 amide bonds. The van der Waals surface area contributed by atoms with Gasteiger partial charge in [0.15, 0.2) is 0 Å². The number of nitrogens with one attached hydrogen (secondary N) is 2. The first-order valence-corrected chi connectivity index (χ1v) is 16.3. The molecule has 3 aromatic rings. The highest BCUT2D eigenvalue weighted by Gasteiger charge is 2.59. The molecule has 0 bridgehead atoms. The third-order valence-electron chi connectivity index (χ3n) is 7.52. The molecule has 17 heteroatoms. The van der Waals surface area contributed by atoms with Crippen molar-refractivity contribution in [2.75, 3.05) is 19.0 Å². The van der Waals surface area contributed by atoms with E-state index in [1.54, 1.807) is 0 Å². The molecule has 3 atom stereocenters. The van der Waals surface area contributed by atoms with Gasteiger partial charge in [-0.25, -0.2) is 13.2 Å². The number of pyridine rings is 1. The monoisotopic (exact) mass is 730 g/mol. The van der Waals surface area contributed by atoms with Crippen LogP contribution in [-0.4, -0.2) is 71.8 Å². The molecule has 1 fully saturated rings. The van der Waals surface area contributed by atoms with Gasteiger partial charge in [-0.05, 0) is 49.2 Å². The lowest BCUT2D eigenvalue weighted by atomic mass is 9.86. The summed E-state index contributed by atoms with van der Waals surface area (Å²) in [7, 11) is -3.37. The molecule has 0 unspecified atom stereocenters. The Morgan fingerprint density at radius 1 is 1.04 bits per heavy atom. The van der Waals surface area contributed by atoms with Crippen LogP contribution in [0.15, 0.2) is 59.8 Å². The van der Waals surface area contributed by atoms with Crippen LogP contribution in [0.5, 0.6) is 0 Å². The van der Waals surface area contributed by atoms with Gasteiger partial charge < -0.3 is 20.5 Å². The number of rotatable bonds is 10. The zero-order chi connectivity index (χ0) is 34.0. The van der Waals surface area contributed by atoms with Gasteiger partial charge >= 0.3 is 11.9 Å². The maximum Gasteiger partial charge on any atom is 0.326 e. The Morgan fingerprint density at radius 3 is 2.17 bits per heavy atom. The summed E-state index contributed by atoms with van der Waals surface area (Å²) in [4.78, 5) is 55.1. The normalized spacial score (nSPS) is 18.9. The molecule has 0 radical (unpaired) electrons. The summed E-state index contributed by atoms with van der Waals surface area (Å²) in [5.41, 5.74) is -1.27. The van der Waals surface area contributed by atoms with E-state index in [0.717, 1.165) is 23.5 Å². The maximum atomic E-state index is 13.9. The zero-order valence-electron chi connectivity index (χ0n) is 24.1. The Morgan fingerprint density at radius 2 is 1.63 bits per heavy atom. The van der Waals surface area contributed by atoms with Gasteiger partial charge in [0.2, 0.25) is 15.9 Å². The van der Waals surface area contributed by atoms with Gasteiger partial charge in [0, 0.05) is 41.1 Å². The van der Waals surface area contributed by atoms with Crippen LogP contribution >= 0.6 is 46.4 Å². The number of aliphatic carboxylic acids is 1. The zero-order valence-corrected chi connectivity index (χ0v) is 27.9. The summed E-state index contributed by atoms with van der Waals surface area (Å²) in [6.45, 7) is 0.981. The fraction of sp³-hybridized carbons (Fsp3) is 0.276. The number of amides is 2. The molecule has 0 spiro atoms. The van der Waals surface area contributed by atoms with E-state index in [2.05, 4.69) is 15.6 Å². The first-order chi connectivity index (χ1) is 21.6. The van der Waals surface area contributed by atoms with E-state index in [-0.39, 0.29) is 49.9 Å². The molecular weight excluding hydrogens is 706 g/mol. The second-order valence-corrected chi connectivity index (χ2v) is 13.9. The number of halogens is 4. The van der Waals surface area contributed by atoms with Crippen molar-refractivity contribution in [2.24, 2.45) is 5.92 Å². The smallest absolute Gasteiger partial charge is 0.326 e. The van der Waals surface area contributed by atoms with Gasteiger partial charge in [-0.3, -0.25) is 19.4 Å². The number of carbonyl (C=O) groups excluding carboxylic acids is 3. The summed E-state index contributed by atoms with van der Waals surface area (Å²) < 4.78 is 33.2. The Bertz CT molecular complexity index is 1770. The number of aromatic nitrogens is 1. The van der Waals surface area contributed by atoms with Crippen LogP contribution in [0.1, 0.15) is 29.3 Å². The predicted molar refractivity (Wildman–Crippen MR) is 171 cm³/mol. The molecule has 2 heterocycles. The van der Waals surface area contributed by atoms with Crippen molar-refractivity contribution < 1.29 is 37.4 Å². The lowest BCUT2D eigenvalue weighted by Gasteiger charge is -2.36. The van der Waals surface area contributed by atoms with E-state index in [4.69, 9.17) is 51.1 Å². The Labute approximate surface area is 284 Å². The van der Waals surface area contributed by atoms with Crippen LogP contribution in [0, 0.1) is 5.92 Å². The number of carboxylic acids is 1. The van der Waals surface area contributed by atoms with Gasteiger partial charge in [-0.15, -0.1) is 0 Å². The standard InChI is InChI=1S/C29H26Cl4N4O8S/c1-29(20(27(41)45-2)7-8-37(29)46(43,44)19-11-16(30)10-17(31)12-19)28(42)36-23(26(39)40)9-15-3-5-18(6-4-15)35-25(38)24-21(32)13-34-14-22(24)33/h3-6,10-14,20,23H,7-9H2,1-2H3,(H,35,38)(H,36,42)(H,39,40)/t20-,23+,29+/m1/s1. The molecule has 1 aromatic heterocycles. The van der Waals surface area contributed by atoms with Crippen LogP contribution in [0.25, 0.3) is 0 Å². The van der Waals surface area contributed by atoms with E-state index in [0.29, 0.717) is 11.3 Å². The summed E-state index contributed by atoms with van der Waals surface area (Å²) in [6.07, 6.45) is 2.23. The van der Waals surface area contributed by atoms with Gasteiger partial charge in [0.25, 0.3) is 5.91 Å². The average molecular weight is 732 g/mol. The van der Waals surface area contributed by atoms with Crippen molar-refractivity contribution in [2.45, 2.75) is 36.2 Å². The molecule has 12 nitrogen and oxygen atoms in total. The summed E-state index contributed by atoms with van der Waals surface area (Å²) in [6, 6.07) is 8.17. The van der Waals surface area contributed by atoms with Gasteiger partial charge in [0.1, 0.15) is 11.6 Å². The third kappa shape index (κ3) is 7.24. The lowest BCUT2D eigenvalue weighted by Crippen LogP contribution is -2.62. The van der Waals surface area contributed by atoms with Crippen LogP contribution in [0.2, 0.25) is 20.1 Å². The number of hydrogen-bond acceptors (Lipinski definition) is 8. The number of ether oxygens (including phenoxy) is 1. The van der Waals surface area contributed by atoms with Gasteiger partial charge in [-0.2, -0.15) is 4.31 Å². The minimum atomic E-state index is -4.47. The van der Waals surface area contributed by atoms with Crippen LogP contribution < -0.4 is 10.6 Å². The second kappa shape index (κ2) is 14.1. The third-order valence-corrected chi connectivity index (χ3v) is 10.5. The largest absolute Gasteiger partial charge is 0.480 e. The van der Waals surface area contributed by atoms with E-state index in [1.807, 2.05) is 0 Å². The fourth-order valence-corrected chi connectivity index (χ4v) is 8.21. The topological polar surface area (TPSA) is 172 Å². The van der Waals surface area contributed by atoms with Crippen LogP contribution in [0.3, 0.4) is 0 Å². The average Bonchev–Trinajstić information content (AvgIpc) is 3.35. The second-order valence-electron chi connectivity index (χ2n) is 10.4. The van der Waals surface area contributed by atoms with Crippen LogP contribution in [-0.2, 0) is 35.6 Å². The number of anilines is 1. The molecule has 1 saturated heterocycles. The minimum absolute atomic E-state index is 0.0243. The molecular formula is C29H26Cl4N4O8S. The number of carbonyl (C=O) groups is 4. The molecule has 3 N–H and O–H groups in total. The van der Waals surface area contributed by atoms with Crippen molar-refractivity contribution in [3.8, 4) is 0 Å². The molecule has 1 aliphatic rings. The number of nitrogens with zero attached hydrogens (tertiary/aromatic N) is 2. The van der Waals surface area contributed by atoms with E-state index >= 15 is 0 Å². The molecule has 4 rings (SSSR count). The Kier molecular flexibility index (Phi) is 10.9. The summed E-state index contributed by atoms with van der Waals surface area (Å²) in [5, 5.41) is 15.2. The first kappa shape index (κ1) is 35.4. The van der Waals surface area contributed by atoms with Crippen molar-refractivity contribution in [3.63, 3.8) is 0 Å². The molecule has 2 aromatic carbocycles. The SMILES string of the molecule is COC(=O)[C@H]1CCN(S(=O)(=O)c2cc(Cl)cc(Cl)c2)[C@]1(C)C(=O)N[C@@H](Cc1ccc(NC(=O)c2c(Cl)cncc2Cl)cc1)C(=O)O. The number of hydrogen-bond donors (Lipinski definition) is 3. The van der Waals surface area contributed by atoms with Gasteiger partial charge in [0.05, 0.1) is 33.5 Å². The van der Waals surface area contributed by atoms with Gasteiger partial charge in [-0.1, -0.05) is 58.5 Å². The molecule has 0 saturated carbocycles. The highest BCUT2D eigenvalue weighted by atomic mass is 35.5. The van der Waals surface area contributed by atoms with Crippen LogP contribution in [0.4, 0.5) is 5.69 Å². The first-order valence-electron chi connectivity index (χ1n) is 13.4. The Hall–Kier alpha value is -3.46. The van der Waals surface area contributed by atoms with E-state index in [9.17, 15) is 32.7 Å². The Balaban J connectivity index is 1.57. The highest BCUT2D eigenvalue weighted by molar-refractivity contribution is 7.89. The van der Waals surface area contributed by atoms with Crippen molar-refractivity contribution >= 4 is 85.9 Å². The number of esters is 1. The molecule has 46 heavy (non-hydrogen) atoms. The number of sulfonamides is 1. The lowest BCUT2D eigenvalue weighted by molar-refractivity contribution is -0.152. The van der Waals surface area contributed by atoms with E-state index in [1.165, 1.54) is 49.6 Å². The molecule has 1 aliphatic heterocycles. The summed E-state index contributed by atoms with van der Waals surface area (Å²) >= 11 is 24.2. The fourth-order valence-electron chi connectivity index (χ4n) is 5.16. The summed E-state index contributed by atoms with van der Waals surface area (Å²) in [5.74, 6) is -5.15. The minimum Gasteiger partial charge on any atom is -0.480 e. The van der Waals surface area contributed by atoms with Crippen molar-refractivity contribution in [1.29, 1.82) is 0 Å². The number of methoxy groups -OCH3 is 1. The molecule has 244 valence electrons. The van der Waals surface area contributed by atoms with Crippen molar-refractivity contribution in [1.82, 2.24) is 14.6 Å².